The summed E-state index contributed by atoms with van der Waals surface area (Å²) in [5, 5.41) is 8.96. The predicted octanol–water partition coefficient (Wildman–Crippen LogP) is -0.215. The molecule has 1 rings (SSSR count). The second-order valence-electron chi connectivity index (χ2n) is 3.24. The Kier molecular flexibility index (Phi) is 4.62. The van der Waals surface area contributed by atoms with Crippen molar-refractivity contribution >= 4 is 0 Å². The van der Waals surface area contributed by atoms with Crippen LogP contribution < -0.4 is 11.2 Å². The molecule has 6 heteroatoms. The van der Waals surface area contributed by atoms with Gasteiger partial charge >= 0.3 is 5.69 Å². The van der Waals surface area contributed by atoms with Crippen molar-refractivity contribution in [3.05, 3.63) is 58.4 Å². The van der Waals surface area contributed by atoms with Crippen molar-refractivity contribution in [2.24, 2.45) is 0 Å². The molecule has 1 heterocycles. The van der Waals surface area contributed by atoms with E-state index in [-0.39, 0.29) is 6.61 Å². The van der Waals surface area contributed by atoms with Gasteiger partial charge in [-0.1, -0.05) is 12.7 Å². The van der Waals surface area contributed by atoms with Gasteiger partial charge in [0, 0.05) is 12.3 Å². The van der Waals surface area contributed by atoms with E-state index in [1.54, 1.807) is 0 Å². The molecule has 0 saturated heterocycles. The van der Waals surface area contributed by atoms with Gasteiger partial charge < -0.3 is 9.84 Å². The van der Waals surface area contributed by atoms with Crippen molar-refractivity contribution in [3.63, 3.8) is 0 Å². The maximum absolute atomic E-state index is 11.5. The zero-order valence-electron chi connectivity index (χ0n) is 9.20. The lowest BCUT2D eigenvalue weighted by Gasteiger charge is -2.20. The number of H-pyrrole nitrogens is 1. The van der Waals surface area contributed by atoms with Crippen molar-refractivity contribution in [1.29, 1.82) is 0 Å². The van der Waals surface area contributed by atoms with Gasteiger partial charge in [-0.2, -0.15) is 0 Å². The fraction of sp³-hybridized carbons (Fsp3) is 0.273. The Labute approximate surface area is 97.5 Å². The van der Waals surface area contributed by atoms with Crippen LogP contribution in [0.2, 0.25) is 0 Å². The molecule has 2 N–H and O–H groups in total. The lowest BCUT2D eigenvalue weighted by Crippen LogP contribution is -2.33. The van der Waals surface area contributed by atoms with E-state index in [2.05, 4.69) is 18.1 Å². The highest BCUT2D eigenvalue weighted by Crippen LogP contribution is 2.10. The number of ether oxygens (including phenoxy) is 1. The Bertz CT molecular complexity index is 503. The van der Waals surface area contributed by atoms with Crippen LogP contribution in [0, 0.1) is 0 Å². The standard InChI is InChI=1S/C11H14N2O4/c1-3-8(7-14)17-10(4-2)13-6-5-9(15)12-11(13)16/h3-6,8,10,14H,1-2,7H2,(H,12,15,16)/t8-,10+/m0/s1. The van der Waals surface area contributed by atoms with Crippen molar-refractivity contribution < 1.29 is 9.84 Å². The molecule has 0 aliphatic heterocycles. The van der Waals surface area contributed by atoms with Crippen LogP contribution in [0.4, 0.5) is 0 Å². The van der Waals surface area contributed by atoms with Gasteiger partial charge in [0.05, 0.1) is 6.61 Å². The molecular formula is C11H14N2O4. The second-order valence-corrected chi connectivity index (χ2v) is 3.24. The zero-order chi connectivity index (χ0) is 12.8. The normalized spacial score (nSPS) is 13.9. The minimum atomic E-state index is -0.783. The molecule has 0 unspecified atom stereocenters. The highest BCUT2D eigenvalue weighted by atomic mass is 16.5. The average Bonchev–Trinajstić information content (AvgIpc) is 2.32. The van der Waals surface area contributed by atoms with E-state index >= 15 is 0 Å². The minimum Gasteiger partial charge on any atom is -0.393 e. The summed E-state index contributed by atoms with van der Waals surface area (Å²) < 4.78 is 6.51. The molecule has 0 fully saturated rings. The summed E-state index contributed by atoms with van der Waals surface area (Å²) >= 11 is 0. The first kappa shape index (κ1) is 13.1. The van der Waals surface area contributed by atoms with Gasteiger partial charge in [-0.3, -0.25) is 14.3 Å². The first-order valence-electron chi connectivity index (χ1n) is 4.95. The van der Waals surface area contributed by atoms with Crippen LogP contribution in [0.15, 0.2) is 47.2 Å². The van der Waals surface area contributed by atoms with Gasteiger partial charge in [0.2, 0.25) is 0 Å². The Morgan fingerprint density at radius 3 is 2.65 bits per heavy atom. The summed E-state index contributed by atoms with van der Waals surface area (Å²) in [6.45, 7) is 6.76. The SMILES string of the molecule is C=C[C@@H](CO)O[C@H](C=C)n1ccc(=O)[nH]c1=O. The van der Waals surface area contributed by atoms with Gasteiger partial charge in [0.15, 0.2) is 6.23 Å². The molecule has 17 heavy (non-hydrogen) atoms. The molecule has 0 aromatic carbocycles. The van der Waals surface area contributed by atoms with Gasteiger partial charge in [-0.05, 0) is 6.08 Å². The van der Waals surface area contributed by atoms with Crippen LogP contribution in [0.5, 0.6) is 0 Å². The van der Waals surface area contributed by atoms with Crippen LogP contribution in [0.3, 0.4) is 0 Å². The van der Waals surface area contributed by atoms with E-state index in [1.807, 2.05) is 0 Å². The Hall–Kier alpha value is -1.92. The number of aliphatic hydroxyl groups excluding tert-OH is 1. The molecule has 1 aromatic heterocycles. The van der Waals surface area contributed by atoms with Crippen LogP contribution in [-0.4, -0.2) is 27.4 Å². The van der Waals surface area contributed by atoms with E-state index in [1.165, 1.54) is 24.4 Å². The quantitative estimate of drug-likeness (QED) is 0.671. The monoisotopic (exact) mass is 238 g/mol. The van der Waals surface area contributed by atoms with E-state index in [4.69, 9.17) is 9.84 Å². The van der Waals surface area contributed by atoms with Gasteiger partial charge in [0.1, 0.15) is 6.10 Å². The van der Waals surface area contributed by atoms with Crippen LogP contribution in [0.25, 0.3) is 0 Å². The molecule has 0 radical (unpaired) electrons. The summed E-state index contributed by atoms with van der Waals surface area (Å²) in [5.41, 5.74) is -1.10. The van der Waals surface area contributed by atoms with E-state index < -0.39 is 23.6 Å². The van der Waals surface area contributed by atoms with Crippen molar-refractivity contribution in [1.82, 2.24) is 9.55 Å². The van der Waals surface area contributed by atoms with Gasteiger partial charge in [-0.25, -0.2) is 4.79 Å². The summed E-state index contributed by atoms with van der Waals surface area (Å²) in [7, 11) is 0. The molecule has 0 aliphatic carbocycles. The smallest absolute Gasteiger partial charge is 0.330 e. The van der Waals surface area contributed by atoms with Crippen LogP contribution in [-0.2, 0) is 4.74 Å². The topological polar surface area (TPSA) is 84.3 Å². The number of hydrogen-bond acceptors (Lipinski definition) is 4. The van der Waals surface area contributed by atoms with E-state index in [0.717, 1.165) is 4.57 Å². The number of hydrogen-bond donors (Lipinski definition) is 2. The number of nitrogens with zero attached hydrogens (tertiary/aromatic N) is 1. The fourth-order valence-electron chi connectivity index (χ4n) is 1.21. The highest BCUT2D eigenvalue weighted by molar-refractivity contribution is 4.90. The summed E-state index contributed by atoms with van der Waals surface area (Å²) in [4.78, 5) is 24.5. The molecule has 1 aromatic rings. The molecule has 2 atom stereocenters. The van der Waals surface area contributed by atoms with Crippen molar-refractivity contribution in [2.45, 2.75) is 12.3 Å². The van der Waals surface area contributed by atoms with E-state index in [9.17, 15) is 9.59 Å². The lowest BCUT2D eigenvalue weighted by atomic mass is 10.3. The van der Waals surface area contributed by atoms with Gasteiger partial charge in [-0.15, -0.1) is 6.58 Å². The first-order valence-corrected chi connectivity index (χ1v) is 4.95. The Morgan fingerprint density at radius 1 is 1.47 bits per heavy atom. The average molecular weight is 238 g/mol. The third kappa shape index (κ3) is 3.27. The largest absolute Gasteiger partial charge is 0.393 e. The predicted molar refractivity (Wildman–Crippen MR) is 62.7 cm³/mol. The molecule has 92 valence electrons. The van der Waals surface area contributed by atoms with Crippen LogP contribution in [0.1, 0.15) is 6.23 Å². The maximum Gasteiger partial charge on any atom is 0.330 e. The van der Waals surface area contributed by atoms with Crippen molar-refractivity contribution in [2.75, 3.05) is 6.61 Å². The number of aromatic amines is 1. The summed E-state index contributed by atoms with van der Waals surface area (Å²) in [5.74, 6) is 0. The number of aromatic nitrogens is 2. The molecule has 0 amide bonds. The summed E-state index contributed by atoms with van der Waals surface area (Å²) in [6.07, 6.45) is 2.69. The van der Waals surface area contributed by atoms with Crippen molar-refractivity contribution in [3.8, 4) is 0 Å². The first-order chi connectivity index (χ1) is 8.12. The van der Waals surface area contributed by atoms with Gasteiger partial charge in [0.25, 0.3) is 5.56 Å². The second kappa shape index (κ2) is 5.97. The Balaban J connectivity index is 3.01. The molecule has 0 aliphatic rings. The third-order valence-electron chi connectivity index (χ3n) is 2.08. The fourth-order valence-corrected chi connectivity index (χ4v) is 1.21. The zero-order valence-corrected chi connectivity index (χ0v) is 9.20. The lowest BCUT2D eigenvalue weighted by molar-refractivity contribution is -0.0278. The molecule has 6 nitrogen and oxygen atoms in total. The Morgan fingerprint density at radius 2 is 2.18 bits per heavy atom. The van der Waals surface area contributed by atoms with Crippen LogP contribution >= 0.6 is 0 Å². The molecular weight excluding hydrogens is 224 g/mol. The minimum absolute atomic E-state index is 0.258. The molecule has 0 bridgehead atoms. The molecule has 0 saturated carbocycles. The third-order valence-corrected chi connectivity index (χ3v) is 2.08. The highest BCUT2D eigenvalue weighted by Gasteiger charge is 2.13. The maximum atomic E-state index is 11.5. The van der Waals surface area contributed by atoms with E-state index in [0.29, 0.717) is 0 Å². The molecule has 0 spiro atoms. The number of rotatable bonds is 6. The summed E-state index contributed by atoms with van der Waals surface area (Å²) in [6, 6.07) is 1.20. The number of aliphatic hydroxyl groups is 1. The number of nitrogens with one attached hydrogen (secondary N) is 1.